The van der Waals surface area contributed by atoms with E-state index in [4.69, 9.17) is 5.11 Å². The van der Waals surface area contributed by atoms with E-state index in [0.717, 1.165) is 23.6 Å². The van der Waals surface area contributed by atoms with Gasteiger partial charge in [-0.15, -0.1) is 11.3 Å². The highest BCUT2D eigenvalue weighted by Gasteiger charge is 2.18. The summed E-state index contributed by atoms with van der Waals surface area (Å²) in [6.07, 6.45) is 1.82. The quantitative estimate of drug-likeness (QED) is 0.626. The van der Waals surface area contributed by atoms with Crippen molar-refractivity contribution >= 4 is 28.8 Å². The summed E-state index contributed by atoms with van der Waals surface area (Å²) in [6.45, 7) is 0.487. The van der Waals surface area contributed by atoms with Crippen molar-refractivity contribution < 1.29 is 14.8 Å². The zero-order valence-corrected chi connectivity index (χ0v) is 11.1. The van der Waals surface area contributed by atoms with Gasteiger partial charge in [0.25, 0.3) is 0 Å². The second-order valence-corrected chi connectivity index (χ2v) is 4.94. The molecule has 0 unspecified atom stereocenters. The van der Waals surface area contributed by atoms with Crippen LogP contribution in [0, 0.1) is 10.1 Å². The van der Waals surface area contributed by atoms with Gasteiger partial charge in [0, 0.05) is 23.7 Å². The van der Waals surface area contributed by atoms with Crippen LogP contribution in [0.4, 0.5) is 11.5 Å². The minimum Gasteiger partial charge on any atom is -0.478 e. The molecular weight excluding hydrogens is 282 g/mol. The first-order valence-corrected chi connectivity index (χ1v) is 6.60. The van der Waals surface area contributed by atoms with Crippen LogP contribution in [0.15, 0.2) is 29.8 Å². The van der Waals surface area contributed by atoms with Crippen molar-refractivity contribution in [2.75, 3.05) is 11.9 Å². The van der Waals surface area contributed by atoms with Crippen LogP contribution in [-0.4, -0.2) is 27.5 Å². The van der Waals surface area contributed by atoms with Crippen molar-refractivity contribution in [2.24, 2.45) is 0 Å². The van der Waals surface area contributed by atoms with E-state index in [0.29, 0.717) is 6.54 Å². The molecular formula is C12H11N3O4S. The molecule has 0 fully saturated rings. The number of anilines is 1. The van der Waals surface area contributed by atoms with E-state index in [2.05, 4.69) is 10.3 Å². The number of nitrogens with zero attached hydrogens (tertiary/aromatic N) is 2. The second-order valence-electron chi connectivity index (χ2n) is 3.91. The van der Waals surface area contributed by atoms with Crippen LogP contribution in [0.2, 0.25) is 0 Å². The van der Waals surface area contributed by atoms with Gasteiger partial charge in [0.05, 0.1) is 10.5 Å². The first-order valence-electron chi connectivity index (χ1n) is 5.72. The highest BCUT2D eigenvalue weighted by molar-refractivity contribution is 7.09. The number of carbonyl (C=O) groups is 1. The van der Waals surface area contributed by atoms with Crippen LogP contribution in [0.1, 0.15) is 15.2 Å². The second kappa shape index (κ2) is 6.11. The molecule has 2 rings (SSSR count). The van der Waals surface area contributed by atoms with Gasteiger partial charge in [-0.3, -0.25) is 10.1 Å². The lowest BCUT2D eigenvalue weighted by Gasteiger charge is -2.05. The molecule has 0 aliphatic carbocycles. The molecule has 0 bridgehead atoms. The summed E-state index contributed by atoms with van der Waals surface area (Å²) in [5, 5.41) is 24.5. The van der Waals surface area contributed by atoms with Crippen molar-refractivity contribution in [3.05, 3.63) is 50.3 Å². The largest absolute Gasteiger partial charge is 0.478 e. The van der Waals surface area contributed by atoms with Gasteiger partial charge in [0.2, 0.25) is 5.82 Å². The normalized spacial score (nSPS) is 10.2. The van der Waals surface area contributed by atoms with Gasteiger partial charge < -0.3 is 10.4 Å². The summed E-state index contributed by atoms with van der Waals surface area (Å²) in [4.78, 5) is 26.0. The molecule has 2 heterocycles. The van der Waals surface area contributed by atoms with E-state index >= 15 is 0 Å². The van der Waals surface area contributed by atoms with Crippen LogP contribution >= 0.6 is 11.3 Å². The van der Waals surface area contributed by atoms with E-state index in [1.807, 2.05) is 17.5 Å². The lowest BCUT2D eigenvalue weighted by atomic mass is 10.2. The maximum absolute atomic E-state index is 10.9. The standard InChI is InChI=1S/C12H11N3O4S/c16-12(17)8-6-10(15(18)19)11(14-7-8)13-4-3-9-2-1-5-20-9/h1-2,5-7H,3-4H2,(H,13,14)(H,16,17). The molecule has 7 nitrogen and oxygen atoms in total. The van der Waals surface area contributed by atoms with Crippen LogP contribution < -0.4 is 5.32 Å². The number of pyridine rings is 1. The zero-order chi connectivity index (χ0) is 14.5. The fourth-order valence-corrected chi connectivity index (χ4v) is 2.31. The van der Waals surface area contributed by atoms with E-state index in [1.54, 1.807) is 11.3 Å². The van der Waals surface area contributed by atoms with Crippen molar-refractivity contribution in [2.45, 2.75) is 6.42 Å². The van der Waals surface area contributed by atoms with Crippen molar-refractivity contribution in [3.63, 3.8) is 0 Å². The first-order chi connectivity index (χ1) is 9.58. The molecule has 0 atom stereocenters. The Morgan fingerprint density at radius 2 is 2.35 bits per heavy atom. The summed E-state index contributed by atoms with van der Waals surface area (Å²) < 4.78 is 0. The predicted octanol–water partition coefficient (Wildman–Crippen LogP) is 2.40. The Morgan fingerprint density at radius 1 is 1.55 bits per heavy atom. The third kappa shape index (κ3) is 3.29. The van der Waals surface area contributed by atoms with Gasteiger partial charge in [0.1, 0.15) is 0 Å². The molecule has 0 aliphatic rings. The molecule has 0 aliphatic heterocycles. The predicted molar refractivity (Wildman–Crippen MR) is 74.4 cm³/mol. The number of carboxylic acid groups (broad SMARTS) is 1. The van der Waals surface area contributed by atoms with Crippen LogP contribution in [0.3, 0.4) is 0 Å². The van der Waals surface area contributed by atoms with Gasteiger partial charge in [-0.25, -0.2) is 9.78 Å². The fourth-order valence-electron chi connectivity index (χ4n) is 1.60. The average Bonchev–Trinajstić information content (AvgIpc) is 2.91. The van der Waals surface area contributed by atoms with Crippen molar-refractivity contribution in [1.29, 1.82) is 0 Å². The molecule has 2 aromatic rings. The summed E-state index contributed by atoms with van der Waals surface area (Å²) in [5.74, 6) is -1.16. The smallest absolute Gasteiger partial charge is 0.337 e. The number of nitrogens with one attached hydrogen (secondary N) is 1. The Balaban J connectivity index is 2.10. The highest BCUT2D eigenvalue weighted by atomic mass is 32.1. The maximum Gasteiger partial charge on any atom is 0.337 e. The molecule has 0 spiro atoms. The minimum atomic E-state index is -1.24. The van der Waals surface area contributed by atoms with Gasteiger partial charge >= 0.3 is 11.7 Å². The highest BCUT2D eigenvalue weighted by Crippen LogP contribution is 2.23. The van der Waals surface area contributed by atoms with Gasteiger partial charge in [-0.1, -0.05) is 6.07 Å². The molecule has 0 saturated heterocycles. The molecule has 0 amide bonds. The fraction of sp³-hybridized carbons (Fsp3) is 0.167. The number of thiophene rings is 1. The van der Waals surface area contributed by atoms with E-state index in [1.165, 1.54) is 0 Å². The van der Waals surface area contributed by atoms with Crippen LogP contribution in [-0.2, 0) is 6.42 Å². The summed E-state index contributed by atoms with van der Waals surface area (Å²) >= 11 is 1.60. The summed E-state index contributed by atoms with van der Waals surface area (Å²) in [5.41, 5.74) is -0.545. The number of aromatic nitrogens is 1. The molecule has 8 heteroatoms. The number of carboxylic acids is 1. The Morgan fingerprint density at radius 3 is 2.95 bits per heavy atom. The Bertz CT molecular complexity index is 628. The molecule has 104 valence electrons. The Hall–Kier alpha value is -2.48. The topological polar surface area (TPSA) is 105 Å². The van der Waals surface area contributed by atoms with Crippen LogP contribution in [0.25, 0.3) is 0 Å². The van der Waals surface area contributed by atoms with Gasteiger partial charge in [-0.05, 0) is 17.9 Å². The molecule has 0 radical (unpaired) electrons. The first kappa shape index (κ1) is 13.9. The van der Waals surface area contributed by atoms with E-state index < -0.39 is 10.9 Å². The number of rotatable bonds is 6. The van der Waals surface area contributed by atoms with Gasteiger partial charge in [0.15, 0.2) is 0 Å². The summed E-state index contributed by atoms with van der Waals surface area (Å²) in [6, 6.07) is 4.91. The third-order valence-electron chi connectivity index (χ3n) is 2.56. The molecule has 20 heavy (non-hydrogen) atoms. The number of nitro groups is 1. The van der Waals surface area contributed by atoms with Crippen molar-refractivity contribution in [1.82, 2.24) is 4.98 Å². The number of hydrogen-bond acceptors (Lipinski definition) is 6. The molecule has 2 N–H and O–H groups in total. The lowest BCUT2D eigenvalue weighted by Crippen LogP contribution is -2.09. The Labute approximate surface area is 118 Å². The van der Waals surface area contributed by atoms with Crippen LogP contribution in [0.5, 0.6) is 0 Å². The molecule has 0 aromatic carbocycles. The maximum atomic E-state index is 10.9. The molecule has 2 aromatic heterocycles. The zero-order valence-electron chi connectivity index (χ0n) is 10.3. The monoisotopic (exact) mass is 293 g/mol. The van der Waals surface area contributed by atoms with E-state index in [9.17, 15) is 14.9 Å². The number of aromatic carboxylic acids is 1. The third-order valence-corrected chi connectivity index (χ3v) is 3.49. The summed E-state index contributed by atoms with van der Waals surface area (Å²) in [7, 11) is 0. The molecule has 0 saturated carbocycles. The lowest BCUT2D eigenvalue weighted by molar-refractivity contribution is -0.384. The Kier molecular flexibility index (Phi) is 4.26. The van der Waals surface area contributed by atoms with Gasteiger partial charge in [-0.2, -0.15) is 0 Å². The average molecular weight is 293 g/mol. The SMILES string of the molecule is O=C(O)c1cnc(NCCc2cccs2)c([N+](=O)[O-])c1. The number of hydrogen-bond donors (Lipinski definition) is 2. The minimum absolute atomic E-state index is 0.0801. The van der Waals surface area contributed by atoms with E-state index in [-0.39, 0.29) is 17.1 Å². The van der Waals surface area contributed by atoms with Crippen molar-refractivity contribution in [3.8, 4) is 0 Å².